The van der Waals surface area contributed by atoms with E-state index in [4.69, 9.17) is 9.47 Å². The van der Waals surface area contributed by atoms with Crippen LogP contribution in [0, 0.1) is 11.6 Å². The number of nitrogens with one attached hydrogen (secondary N) is 2. The van der Waals surface area contributed by atoms with Gasteiger partial charge in [0.1, 0.15) is 23.1 Å². The Labute approximate surface area is 161 Å². The molecule has 0 saturated carbocycles. The fraction of sp³-hybridized carbons (Fsp3) is 0.300. The summed E-state index contributed by atoms with van der Waals surface area (Å²) < 4.78 is 37.4. The number of anilines is 1. The van der Waals surface area contributed by atoms with E-state index in [0.29, 0.717) is 36.5 Å². The quantitative estimate of drug-likeness (QED) is 0.685. The van der Waals surface area contributed by atoms with E-state index in [9.17, 15) is 18.4 Å². The molecular weight excluding hydrogens is 370 g/mol. The monoisotopic (exact) mass is 392 g/mol. The number of hydrogen-bond acceptors (Lipinski definition) is 4. The molecule has 0 unspecified atom stereocenters. The Hall–Kier alpha value is -3.16. The fourth-order valence-electron chi connectivity index (χ4n) is 2.42. The third kappa shape index (κ3) is 5.94. The SMILES string of the molecule is CCOc1ccc(OCC)c(NC(=O)CCNC(=O)c2ccc(F)cc2F)c1. The van der Waals surface area contributed by atoms with Crippen molar-refractivity contribution in [3.8, 4) is 11.5 Å². The number of carbonyl (C=O) groups is 2. The summed E-state index contributed by atoms with van der Waals surface area (Å²) in [5, 5.41) is 5.14. The van der Waals surface area contributed by atoms with Crippen molar-refractivity contribution in [1.29, 1.82) is 0 Å². The number of ether oxygens (including phenoxy) is 2. The van der Waals surface area contributed by atoms with E-state index in [0.717, 1.165) is 12.1 Å². The molecule has 0 aromatic heterocycles. The van der Waals surface area contributed by atoms with Crippen LogP contribution in [0.15, 0.2) is 36.4 Å². The maximum atomic E-state index is 13.6. The minimum Gasteiger partial charge on any atom is -0.494 e. The minimum atomic E-state index is -0.962. The molecule has 0 heterocycles. The van der Waals surface area contributed by atoms with Gasteiger partial charge in [-0.2, -0.15) is 0 Å². The molecule has 0 spiro atoms. The molecule has 0 aliphatic carbocycles. The molecule has 0 saturated heterocycles. The van der Waals surface area contributed by atoms with Crippen LogP contribution < -0.4 is 20.1 Å². The summed E-state index contributed by atoms with van der Waals surface area (Å²) in [4.78, 5) is 24.1. The fourth-order valence-corrected chi connectivity index (χ4v) is 2.42. The zero-order chi connectivity index (χ0) is 20.5. The summed E-state index contributed by atoms with van der Waals surface area (Å²) in [6.07, 6.45) is -0.0427. The van der Waals surface area contributed by atoms with E-state index in [2.05, 4.69) is 10.6 Å². The van der Waals surface area contributed by atoms with Crippen molar-refractivity contribution in [2.24, 2.45) is 0 Å². The molecule has 2 rings (SSSR count). The maximum absolute atomic E-state index is 13.6. The third-order valence-electron chi connectivity index (χ3n) is 3.65. The number of benzene rings is 2. The summed E-state index contributed by atoms with van der Waals surface area (Å²) in [5.74, 6) is -1.74. The summed E-state index contributed by atoms with van der Waals surface area (Å²) in [7, 11) is 0. The molecule has 2 amide bonds. The Morgan fingerprint density at radius 2 is 1.75 bits per heavy atom. The molecule has 6 nitrogen and oxygen atoms in total. The molecule has 28 heavy (non-hydrogen) atoms. The van der Waals surface area contributed by atoms with Crippen molar-refractivity contribution < 1.29 is 27.8 Å². The van der Waals surface area contributed by atoms with Gasteiger partial charge >= 0.3 is 0 Å². The first-order valence-electron chi connectivity index (χ1n) is 8.87. The Kier molecular flexibility index (Phi) is 7.74. The van der Waals surface area contributed by atoms with Gasteiger partial charge in [-0.1, -0.05) is 0 Å². The predicted octanol–water partition coefficient (Wildman–Crippen LogP) is 3.52. The van der Waals surface area contributed by atoms with Crippen molar-refractivity contribution in [2.45, 2.75) is 20.3 Å². The van der Waals surface area contributed by atoms with Crippen LogP contribution in [0.2, 0.25) is 0 Å². The third-order valence-corrected chi connectivity index (χ3v) is 3.65. The zero-order valence-electron chi connectivity index (χ0n) is 15.7. The molecule has 150 valence electrons. The van der Waals surface area contributed by atoms with E-state index in [1.54, 1.807) is 18.2 Å². The number of rotatable bonds is 9. The topological polar surface area (TPSA) is 76.7 Å². The lowest BCUT2D eigenvalue weighted by Gasteiger charge is -2.13. The molecule has 0 aliphatic heterocycles. The van der Waals surface area contributed by atoms with Crippen molar-refractivity contribution in [2.75, 3.05) is 25.1 Å². The second-order valence-corrected chi connectivity index (χ2v) is 5.70. The second kappa shape index (κ2) is 10.2. The molecule has 0 aliphatic rings. The summed E-state index contributed by atoms with van der Waals surface area (Å²) in [6, 6.07) is 7.75. The van der Waals surface area contributed by atoms with E-state index in [-0.39, 0.29) is 24.4 Å². The zero-order valence-corrected chi connectivity index (χ0v) is 15.7. The van der Waals surface area contributed by atoms with Crippen LogP contribution in [-0.4, -0.2) is 31.6 Å². The smallest absolute Gasteiger partial charge is 0.254 e. The summed E-state index contributed by atoms with van der Waals surface area (Å²) in [6.45, 7) is 4.56. The average Bonchev–Trinajstić information content (AvgIpc) is 2.64. The van der Waals surface area contributed by atoms with E-state index in [1.807, 2.05) is 13.8 Å². The van der Waals surface area contributed by atoms with Crippen LogP contribution in [-0.2, 0) is 4.79 Å². The van der Waals surface area contributed by atoms with Crippen molar-refractivity contribution in [3.63, 3.8) is 0 Å². The van der Waals surface area contributed by atoms with Gasteiger partial charge < -0.3 is 20.1 Å². The number of halogens is 2. The van der Waals surface area contributed by atoms with Crippen LogP contribution in [0.25, 0.3) is 0 Å². The largest absolute Gasteiger partial charge is 0.494 e. The first-order chi connectivity index (χ1) is 13.4. The highest BCUT2D eigenvalue weighted by Gasteiger charge is 2.14. The Morgan fingerprint density at radius 3 is 2.43 bits per heavy atom. The van der Waals surface area contributed by atoms with Gasteiger partial charge in [-0.3, -0.25) is 9.59 Å². The van der Waals surface area contributed by atoms with Gasteiger partial charge in [0, 0.05) is 25.1 Å². The van der Waals surface area contributed by atoms with E-state index >= 15 is 0 Å². The molecular formula is C20H22F2N2O4. The van der Waals surface area contributed by atoms with Gasteiger partial charge in [-0.25, -0.2) is 8.78 Å². The summed E-state index contributed by atoms with van der Waals surface area (Å²) >= 11 is 0. The molecule has 8 heteroatoms. The summed E-state index contributed by atoms with van der Waals surface area (Å²) in [5.41, 5.74) is 0.165. The van der Waals surface area contributed by atoms with Gasteiger partial charge in [-0.05, 0) is 38.1 Å². The molecule has 0 fully saturated rings. The molecule has 0 radical (unpaired) electrons. The van der Waals surface area contributed by atoms with E-state index in [1.165, 1.54) is 0 Å². The first-order valence-corrected chi connectivity index (χ1v) is 8.87. The maximum Gasteiger partial charge on any atom is 0.254 e. The standard InChI is InChI=1S/C20H22F2N2O4/c1-3-27-14-6-8-18(28-4-2)17(12-14)24-19(25)9-10-23-20(26)15-7-5-13(21)11-16(15)22/h5-8,11-12H,3-4,9-10H2,1-2H3,(H,23,26)(H,24,25). The molecule has 2 aromatic rings. The molecule has 2 N–H and O–H groups in total. The lowest BCUT2D eigenvalue weighted by Crippen LogP contribution is -2.28. The highest BCUT2D eigenvalue weighted by atomic mass is 19.1. The Bertz CT molecular complexity index is 843. The Morgan fingerprint density at radius 1 is 1.00 bits per heavy atom. The molecule has 0 atom stereocenters. The lowest BCUT2D eigenvalue weighted by molar-refractivity contribution is -0.116. The molecule has 0 bridgehead atoms. The van der Waals surface area contributed by atoms with Crippen molar-refractivity contribution in [3.05, 3.63) is 53.6 Å². The number of carbonyl (C=O) groups excluding carboxylic acids is 2. The molecule has 2 aromatic carbocycles. The van der Waals surface area contributed by atoms with Gasteiger partial charge in [0.15, 0.2) is 0 Å². The highest BCUT2D eigenvalue weighted by Crippen LogP contribution is 2.29. The van der Waals surface area contributed by atoms with Gasteiger partial charge in [0.2, 0.25) is 5.91 Å². The van der Waals surface area contributed by atoms with Crippen LogP contribution in [0.4, 0.5) is 14.5 Å². The Balaban J connectivity index is 1.93. The average molecular weight is 392 g/mol. The van der Waals surface area contributed by atoms with Crippen LogP contribution in [0.3, 0.4) is 0 Å². The lowest BCUT2D eigenvalue weighted by atomic mass is 10.2. The van der Waals surface area contributed by atoms with Gasteiger partial charge in [0.05, 0.1) is 24.5 Å². The van der Waals surface area contributed by atoms with Crippen LogP contribution in [0.5, 0.6) is 11.5 Å². The predicted molar refractivity (Wildman–Crippen MR) is 101 cm³/mol. The number of hydrogen-bond donors (Lipinski definition) is 2. The highest BCUT2D eigenvalue weighted by molar-refractivity contribution is 5.96. The van der Waals surface area contributed by atoms with E-state index < -0.39 is 17.5 Å². The van der Waals surface area contributed by atoms with Crippen LogP contribution >= 0.6 is 0 Å². The second-order valence-electron chi connectivity index (χ2n) is 5.70. The van der Waals surface area contributed by atoms with Crippen molar-refractivity contribution >= 4 is 17.5 Å². The minimum absolute atomic E-state index is 0.0173. The van der Waals surface area contributed by atoms with Crippen molar-refractivity contribution in [1.82, 2.24) is 5.32 Å². The van der Waals surface area contributed by atoms with Gasteiger partial charge in [0.25, 0.3) is 5.91 Å². The normalized spacial score (nSPS) is 10.3. The first kappa shape index (κ1) is 21.1. The number of amides is 2. The van der Waals surface area contributed by atoms with Gasteiger partial charge in [-0.15, -0.1) is 0 Å². The van der Waals surface area contributed by atoms with Crippen LogP contribution in [0.1, 0.15) is 30.6 Å².